The highest BCUT2D eigenvalue weighted by molar-refractivity contribution is 5.75. The Morgan fingerprint density at radius 3 is 2.47 bits per heavy atom. The second-order valence-electron chi connectivity index (χ2n) is 6.07. The van der Waals surface area contributed by atoms with Crippen LogP contribution in [-0.4, -0.2) is 49.1 Å². The molecule has 1 aliphatic heterocycles. The van der Waals surface area contributed by atoms with E-state index in [-0.39, 0.29) is 5.91 Å². The summed E-state index contributed by atoms with van der Waals surface area (Å²) < 4.78 is 0. The van der Waals surface area contributed by atoms with Crippen LogP contribution in [0.15, 0.2) is 0 Å². The van der Waals surface area contributed by atoms with Crippen LogP contribution in [-0.2, 0) is 4.79 Å². The van der Waals surface area contributed by atoms with Gasteiger partial charge < -0.3 is 16.8 Å². The molecule has 1 amide bonds. The number of nitrogens with one attached hydrogen (secondary N) is 1. The van der Waals surface area contributed by atoms with E-state index >= 15 is 0 Å². The van der Waals surface area contributed by atoms with Gasteiger partial charge in [-0.2, -0.15) is 0 Å². The third-order valence-corrected chi connectivity index (χ3v) is 4.63. The number of likely N-dealkylation sites (tertiary alicyclic amines) is 1. The maximum Gasteiger partial charge on any atom is 0.231 e. The van der Waals surface area contributed by atoms with Crippen LogP contribution in [0.1, 0.15) is 38.5 Å². The maximum absolute atomic E-state index is 10.9. The lowest BCUT2D eigenvalue weighted by Crippen LogP contribution is -2.51. The molecule has 1 aliphatic carbocycles. The van der Waals surface area contributed by atoms with Gasteiger partial charge >= 0.3 is 0 Å². The molecule has 5 N–H and O–H groups in total. The lowest BCUT2D eigenvalue weighted by molar-refractivity contribution is -0.119. The Labute approximate surface area is 116 Å². The molecule has 1 saturated heterocycles. The summed E-state index contributed by atoms with van der Waals surface area (Å²) in [7, 11) is 0. The Hall–Kier alpha value is -0.650. The number of piperidine rings is 1. The normalized spacial score (nSPS) is 30.4. The SMILES string of the molecule is NCC1CCCCC1NC1CCN(CC(N)=O)CC1. The number of carbonyl (C=O) groups excluding carboxylic acids is 1. The highest BCUT2D eigenvalue weighted by Crippen LogP contribution is 2.25. The molecule has 110 valence electrons. The Morgan fingerprint density at radius 1 is 1.16 bits per heavy atom. The van der Waals surface area contributed by atoms with E-state index in [4.69, 9.17) is 11.5 Å². The second kappa shape index (κ2) is 7.22. The lowest BCUT2D eigenvalue weighted by atomic mass is 9.83. The van der Waals surface area contributed by atoms with Crippen LogP contribution in [0.25, 0.3) is 0 Å². The summed E-state index contributed by atoms with van der Waals surface area (Å²) in [4.78, 5) is 13.1. The number of amides is 1. The average Bonchev–Trinajstić information content (AvgIpc) is 2.41. The molecular weight excluding hydrogens is 240 g/mol. The van der Waals surface area contributed by atoms with E-state index < -0.39 is 0 Å². The summed E-state index contributed by atoms with van der Waals surface area (Å²) in [6.45, 7) is 3.15. The molecule has 0 aromatic heterocycles. The number of rotatable bonds is 5. The fourth-order valence-corrected chi connectivity index (χ4v) is 3.49. The van der Waals surface area contributed by atoms with Crippen LogP contribution < -0.4 is 16.8 Å². The number of nitrogens with zero attached hydrogens (tertiary/aromatic N) is 1. The van der Waals surface area contributed by atoms with Crippen molar-refractivity contribution < 1.29 is 4.79 Å². The summed E-state index contributed by atoms with van der Waals surface area (Å²) in [5.41, 5.74) is 11.1. The lowest BCUT2D eigenvalue weighted by Gasteiger charge is -2.38. The van der Waals surface area contributed by atoms with Gasteiger partial charge in [-0.05, 0) is 38.1 Å². The van der Waals surface area contributed by atoms with Gasteiger partial charge in [0, 0.05) is 25.2 Å². The predicted molar refractivity (Wildman–Crippen MR) is 76.6 cm³/mol. The summed E-state index contributed by atoms with van der Waals surface area (Å²) in [5, 5.41) is 3.81. The topological polar surface area (TPSA) is 84.4 Å². The second-order valence-corrected chi connectivity index (χ2v) is 6.07. The van der Waals surface area contributed by atoms with Crippen molar-refractivity contribution in [3.63, 3.8) is 0 Å². The molecule has 0 spiro atoms. The zero-order chi connectivity index (χ0) is 13.7. The first-order valence-corrected chi connectivity index (χ1v) is 7.66. The van der Waals surface area contributed by atoms with Gasteiger partial charge in [-0.25, -0.2) is 0 Å². The molecule has 0 aromatic carbocycles. The molecule has 2 atom stereocenters. The highest BCUT2D eigenvalue weighted by atomic mass is 16.1. The first-order chi connectivity index (χ1) is 9.19. The smallest absolute Gasteiger partial charge is 0.231 e. The van der Waals surface area contributed by atoms with Crippen molar-refractivity contribution in [1.82, 2.24) is 10.2 Å². The van der Waals surface area contributed by atoms with Crippen LogP contribution in [0.5, 0.6) is 0 Å². The standard InChI is InChI=1S/C14H28N4O/c15-9-11-3-1-2-4-13(11)17-12-5-7-18(8-6-12)10-14(16)19/h11-13,17H,1-10,15H2,(H2,16,19). The molecule has 2 fully saturated rings. The first kappa shape index (κ1) is 14.8. The molecule has 0 aromatic rings. The molecule has 5 nitrogen and oxygen atoms in total. The molecule has 0 radical (unpaired) electrons. The van der Waals surface area contributed by atoms with Crippen LogP contribution >= 0.6 is 0 Å². The zero-order valence-electron chi connectivity index (χ0n) is 11.8. The molecule has 2 unspecified atom stereocenters. The summed E-state index contributed by atoms with van der Waals surface area (Å²) >= 11 is 0. The molecule has 1 heterocycles. The molecule has 0 bridgehead atoms. The van der Waals surface area contributed by atoms with Crippen molar-refractivity contribution in [3.8, 4) is 0 Å². The Balaban J connectivity index is 1.73. The van der Waals surface area contributed by atoms with Crippen LogP contribution in [0.2, 0.25) is 0 Å². The van der Waals surface area contributed by atoms with Crippen molar-refractivity contribution in [1.29, 1.82) is 0 Å². The third-order valence-electron chi connectivity index (χ3n) is 4.63. The molecule has 2 rings (SSSR count). The molecule has 1 saturated carbocycles. The van der Waals surface area contributed by atoms with Gasteiger partial charge in [0.15, 0.2) is 0 Å². The monoisotopic (exact) mass is 268 g/mol. The number of carbonyl (C=O) groups is 1. The first-order valence-electron chi connectivity index (χ1n) is 7.66. The van der Waals surface area contributed by atoms with E-state index in [0.717, 1.165) is 32.5 Å². The molecular formula is C14H28N4O. The number of hydrogen-bond donors (Lipinski definition) is 3. The number of primary amides is 1. The Kier molecular flexibility index (Phi) is 5.60. The van der Waals surface area contributed by atoms with Crippen molar-refractivity contribution >= 4 is 5.91 Å². The van der Waals surface area contributed by atoms with Gasteiger partial charge in [0.25, 0.3) is 0 Å². The minimum atomic E-state index is -0.220. The van der Waals surface area contributed by atoms with Crippen molar-refractivity contribution in [3.05, 3.63) is 0 Å². The fraction of sp³-hybridized carbons (Fsp3) is 0.929. The van der Waals surface area contributed by atoms with E-state index in [2.05, 4.69) is 10.2 Å². The maximum atomic E-state index is 10.9. The van der Waals surface area contributed by atoms with E-state index in [1.165, 1.54) is 25.7 Å². The van der Waals surface area contributed by atoms with E-state index in [9.17, 15) is 4.79 Å². The van der Waals surface area contributed by atoms with Gasteiger partial charge in [0.2, 0.25) is 5.91 Å². The van der Waals surface area contributed by atoms with Gasteiger partial charge in [0.1, 0.15) is 0 Å². The summed E-state index contributed by atoms with van der Waals surface area (Å²) in [5.74, 6) is 0.430. The van der Waals surface area contributed by atoms with E-state index in [1.807, 2.05) is 0 Å². The van der Waals surface area contributed by atoms with Gasteiger partial charge in [-0.3, -0.25) is 9.69 Å². The van der Waals surface area contributed by atoms with Gasteiger partial charge in [-0.15, -0.1) is 0 Å². The predicted octanol–water partition coefficient (Wildman–Crippen LogP) is 0.0432. The van der Waals surface area contributed by atoms with Crippen molar-refractivity contribution in [2.45, 2.75) is 50.6 Å². The Morgan fingerprint density at radius 2 is 1.84 bits per heavy atom. The minimum Gasteiger partial charge on any atom is -0.369 e. The number of hydrogen-bond acceptors (Lipinski definition) is 4. The molecule has 5 heteroatoms. The highest BCUT2D eigenvalue weighted by Gasteiger charge is 2.28. The minimum absolute atomic E-state index is 0.220. The Bertz CT molecular complexity index is 289. The van der Waals surface area contributed by atoms with E-state index in [0.29, 0.717) is 24.5 Å². The third kappa shape index (κ3) is 4.44. The largest absolute Gasteiger partial charge is 0.369 e. The van der Waals surface area contributed by atoms with Gasteiger partial charge in [-0.1, -0.05) is 12.8 Å². The summed E-state index contributed by atoms with van der Waals surface area (Å²) in [6.07, 6.45) is 7.42. The quantitative estimate of drug-likeness (QED) is 0.657. The van der Waals surface area contributed by atoms with Crippen molar-refractivity contribution in [2.24, 2.45) is 17.4 Å². The molecule has 19 heavy (non-hydrogen) atoms. The van der Waals surface area contributed by atoms with Gasteiger partial charge in [0.05, 0.1) is 6.54 Å². The molecule has 2 aliphatic rings. The van der Waals surface area contributed by atoms with Crippen LogP contribution in [0.4, 0.5) is 0 Å². The fourth-order valence-electron chi connectivity index (χ4n) is 3.49. The zero-order valence-corrected chi connectivity index (χ0v) is 11.8. The summed E-state index contributed by atoms with van der Waals surface area (Å²) in [6, 6.07) is 1.19. The van der Waals surface area contributed by atoms with E-state index in [1.54, 1.807) is 0 Å². The van der Waals surface area contributed by atoms with Crippen molar-refractivity contribution in [2.75, 3.05) is 26.2 Å². The van der Waals surface area contributed by atoms with Crippen LogP contribution in [0, 0.1) is 5.92 Å². The average molecular weight is 268 g/mol. The number of nitrogens with two attached hydrogens (primary N) is 2. The van der Waals surface area contributed by atoms with Crippen LogP contribution in [0.3, 0.4) is 0 Å².